The third-order valence-electron chi connectivity index (χ3n) is 5.13. The van der Waals surface area contributed by atoms with E-state index in [1.165, 1.54) is 17.0 Å². The van der Waals surface area contributed by atoms with E-state index in [1.54, 1.807) is 18.2 Å². The molecule has 4 rings (SSSR count). The first kappa shape index (κ1) is 24.0. The molecule has 2 aromatic carbocycles. The summed E-state index contributed by atoms with van der Waals surface area (Å²) < 4.78 is 43.5. The Labute approximate surface area is 203 Å². The number of aromatic nitrogens is 1. The van der Waals surface area contributed by atoms with Gasteiger partial charge < -0.3 is 20.4 Å². The van der Waals surface area contributed by atoms with E-state index in [-0.39, 0.29) is 68.9 Å². The number of nitrogens with one attached hydrogen (secondary N) is 1. The summed E-state index contributed by atoms with van der Waals surface area (Å²) >= 11 is 12.3. The van der Waals surface area contributed by atoms with E-state index >= 15 is 0 Å². The van der Waals surface area contributed by atoms with Crippen LogP contribution in [0.25, 0.3) is 11.5 Å². The highest BCUT2D eigenvalue weighted by molar-refractivity contribution is 7.91. The molecule has 1 aromatic heterocycles. The van der Waals surface area contributed by atoms with Gasteiger partial charge in [0.2, 0.25) is 11.8 Å². The molecule has 3 N–H and O–H groups in total. The Hall–Kier alpha value is -3.15. The Bertz CT molecular complexity index is 1380. The van der Waals surface area contributed by atoms with Crippen LogP contribution in [0.2, 0.25) is 10.0 Å². The first-order valence-electron chi connectivity index (χ1n) is 9.87. The molecule has 2 heterocycles. The molecule has 1 saturated heterocycles. The van der Waals surface area contributed by atoms with E-state index in [1.807, 2.05) is 0 Å². The second kappa shape index (κ2) is 9.24. The summed E-state index contributed by atoms with van der Waals surface area (Å²) in [5.74, 6) is -2.86. The van der Waals surface area contributed by atoms with Crippen LogP contribution in [0.5, 0.6) is 0 Å². The van der Waals surface area contributed by atoms with Crippen molar-refractivity contribution in [1.29, 1.82) is 0 Å². The lowest BCUT2D eigenvalue weighted by Crippen LogP contribution is -2.43. The fourth-order valence-electron chi connectivity index (χ4n) is 3.35. The van der Waals surface area contributed by atoms with Crippen molar-refractivity contribution >= 4 is 56.4 Å². The first-order chi connectivity index (χ1) is 16.1. The Morgan fingerprint density at radius 2 is 1.76 bits per heavy atom. The Kier molecular flexibility index (Phi) is 6.52. The van der Waals surface area contributed by atoms with E-state index in [9.17, 15) is 22.4 Å². The number of primary amides is 1. The van der Waals surface area contributed by atoms with E-state index in [0.29, 0.717) is 0 Å². The molecule has 1 aliphatic rings. The minimum atomic E-state index is -3.16. The largest absolute Gasteiger partial charge is 0.419 e. The molecule has 0 aliphatic carbocycles. The molecular weight excluding hydrogens is 510 g/mol. The zero-order chi connectivity index (χ0) is 24.6. The average Bonchev–Trinajstić information content (AvgIpc) is 3.18. The molecule has 0 atom stereocenters. The van der Waals surface area contributed by atoms with Crippen molar-refractivity contribution in [2.75, 3.05) is 29.9 Å². The quantitative estimate of drug-likeness (QED) is 0.519. The Morgan fingerprint density at radius 3 is 2.35 bits per heavy atom. The van der Waals surface area contributed by atoms with Crippen LogP contribution >= 0.6 is 23.2 Å². The molecule has 0 radical (unpaired) electrons. The van der Waals surface area contributed by atoms with Crippen molar-refractivity contribution < 1.29 is 26.8 Å². The molecule has 0 saturated carbocycles. The van der Waals surface area contributed by atoms with Gasteiger partial charge in [-0.1, -0.05) is 29.3 Å². The van der Waals surface area contributed by atoms with Gasteiger partial charge in [0.05, 0.1) is 32.8 Å². The molecule has 2 amide bonds. The van der Waals surface area contributed by atoms with Crippen LogP contribution in [0, 0.1) is 5.82 Å². The summed E-state index contributed by atoms with van der Waals surface area (Å²) in [4.78, 5) is 29.9. The zero-order valence-corrected chi connectivity index (χ0v) is 19.7. The number of oxazole rings is 1. The molecule has 178 valence electrons. The summed E-state index contributed by atoms with van der Waals surface area (Å²) in [6.45, 7) is 0.0758. The van der Waals surface area contributed by atoms with Gasteiger partial charge in [0.15, 0.2) is 15.5 Å². The number of halogens is 3. The highest BCUT2D eigenvalue weighted by atomic mass is 35.5. The maximum Gasteiger partial charge on any atom is 0.273 e. The third-order valence-corrected chi connectivity index (χ3v) is 7.37. The highest BCUT2D eigenvalue weighted by Gasteiger charge is 2.27. The normalized spacial score (nSPS) is 15.2. The number of carbonyl (C=O) groups is 2. The molecule has 34 heavy (non-hydrogen) atoms. The standard InChI is InChI=1S/C21H17Cl2FN4O5S/c22-12-2-1-3-13(23)16(12)19-27-17(18(25)29)20(33-19)26-15-5-4-11(10-14(15)24)21(30)28-6-8-34(31,32)9-7-28/h1-5,10,26H,6-9H2,(H2,25,29). The number of anilines is 2. The Balaban J connectivity index is 1.60. The zero-order valence-electron chi connectivity index (χ0n) is 17.3. The number of benzene rings is 2. The van der Waals surface area contributed by atoms with Gasteiger partial charge in [-0.2, -0.15) is 0 Å². The van der Waals surface area contributed by atoms with Gasteiger partial charge in [-0.15, -0.1) is 0 Å². The third kappa shape index (κ3) is 4.86. The molecule has 9 nitrogen and oxygen atoms in total. The van der Waals surface area contributed by atoms with E-state index in [2.05, 4.69) is 10.3 Å². The Morgan fingerprint density at radius 1 is 1.12 bits per heavy atom. The lowest BCUT2D eigenvalue weighted by Gasteiger charge is -2.26. The van der Waals surface area contributed by atoms with E-state index in [4.69, 9.17) is 33.4 Å². The number of amides is 2. The van der Waals surface area contributed by atoms with Crippen LogP contribution in [0.4, 0.5) is 16.0 Å². The van der Waals surface area contributed by atoms with Crippen molar-refractivity contribution in [3.8, 4) is 11.5 Å². The second-order valence-electron chi connectivity index (χ2n) is 7.42. The summed E-state index contributed by atoms with van der Waals surface area (Å²) in [7, 11) is -3.16. The number of sulfone groups is 1. The molecule has 0 bridgehead atoms. The van der Waals surface area contributed by atoms with E-state index in [0.717, 1.165) is 6.07 Å². The topological polar surface area (TPSA) is 136 Å². The molecule has 0 unspecified atom stereocenters. The monoisotopic (exact) mass is 526 g/mol. The summed E-state index contributed by atoms with van der Waals surface area (Å²) in [5, 5.41) is 3.05. The fraction of sp³-hybridized carbons (Fsp3) is 0.190. The minimum absolute atomic E-state index is 0.0379. The van der Waals surface area contributed by atoms with Crippen molar-refractivity contribution in [2.24, 2.45) is 5.73 Å². The number of nitrogens with two attached hydrogens (primary N) is 1. The van der Waals surface area contributed by atoms with Crippen molar-refractivity contribution in [1.82, 2.24) is 9.88 Å². The minimum Gasteiger partial charge on any atom is -0.419 e. The molecule has 0 spiro atoms. The maximum atomic E-state index is 14.8. The van der Waals surface area contributed by atoms with Gasteiger partial charge in [-0.05, 0) is 30.3 Å². The lowest BCUT2D eigenvalue weighted by molar-refractivity contribution is 0.0769. The molecule has 3 aromatic rings. The summed E-state index contributed by atoms with van der Waals surface area (Å²) in [5.41, 5.74) is 5.23. The maximum absolute atomic E-state index is 14.8. The highest BCUT2D eigenvalue weighted by Crippen LogP contribution is 2.37. The molecular formula is C21H17Cl2FN4O5S. The van der Waals surface area contributed by atoms with Crippen LogP contribution in [0.15, 0.2) is 40.8 Å². The van der Waals surface area contributed by atoms with Gasteiger partial charge >= 0.3 is 0 Å². The predicted molar refractivity (Wildman–Crippen MR) is 125 cm³/mol. The van der Waals surface area contributed by atoms with Gasteiger partial charge in [0.25, 0.3) is 11.8 Å². The molecule has 13 heteroatoms. The fourth-order valence-corrected chi connectivity index (χ4v) is 5.11. The van der Waals surface area contributed by atoms with Gasteiger partial charge in [-0.25, -0.2) is 17.8 Å². The van der Waals surface area contributed by atoms with Crippen molar-refractivity contribution in [3.63, 3.8) is 0 Å². The summed E-state index contributed by atoms with van der Waals surface area (Å²) in [6.07, 6.45) is 0. The lowest BCUT2D eigenvalue weighted by atomic mass is 10.1. The number of hydrogen-bond donors (Lipinski definition) is 2. The number of nitrogens with zero attached hydrogens (tertiary/aromatic N) is 2. The van der Waals surface area contributed by atoms with Crippen LogP contribution in [0.3, 0.4) is 0 Å². The molecule has 1 fully saturated rings. The van der Waals surface area contributed by atoms with Gasteiger partial charge in [-0.3, -0.25) is 9.59 Å². The van der Waals surface area contributed by atoms with Crippen LogP contribution in [-0.4, -0.2) is 54.7 Å². The van der Waals surface area contributed by atoms with Crippen molar-refractivity contribution in [3.05, 3.63) is 63.5 Å². The van der Waals surface area contributed by atoms with E-state index < -0.39 is 27.5 Å². The summed E-state index contributed by atoms with van der Waals surface area (Å²) in [6, 6.07) is 8.36. The SMILES string of the molecule is NC(=O)c1nc(-c2c(Cl)cccc2Cl)oc1Nc1ccc(C(=O)N2CCS(=O)(=O)CC2)cc1F. The average molecular weight is 527 g/mol. The van der Waals surface area contributed by atoms with Crippen LogP contribution in [0.1, 0.15) is 20.8 Å². The van der Waals surface area contributed by atoms with Crippen LogP contribution in [-0.2, 0) is 9.84 Å². The second-order valence-corrected chi connectivity index (χ2v) is 10.5. The first-order valence-corrected chi connectivity index (χ1v) is 12.4. The molecule has 1 aliphatic heterocycles. The predicted octanol–water partition coefficient (Wildman–Crippen LogP) is 3.50. The smallest absolute Gasteiger partial charge is 0.273 e. The van der Waals surface area contributed by atoms with Crippen molar-refractivity contribution in [2.45, 2.75) is 0 Å². The number of rotatable bonds is 5. The number of hydrogen-bond acceptors (Lipinski definition) is 7. The van der Waals surface area contributed by atoms with Crippen LogP contribution < -0.4 is 11.1 Å². The van der Waals surface area contributed by atoms with Gasteiger partial charge in [0.1, 0.15) is 5.82 Å². The number of carbonyl (C=O) groups excluding carboxylic acids is 2. The van der Waals surface area contributed by atoms with Gasteiger partial charge in [0, 0.05) is 18.7 Å².